The number of rotatable bonds is 12. The zero-order valence-electron chi connectivity index (χ0n) is 42.8. The molecule has 0 saturated carbocycles. The molecule has 1 aliphatic heterocycles. The number of hydrogen-bond donors (Lipinski definition) is 2. The van der Waals surface area contributed by atoms with Crippen LogP contribution in [0.5, 0.6) is 34.5 Å². The van der Waals surface area contributed by atoms with Gasteiger partial charge >= 0.3 is 8.56 Å². The Labute approximate surface area is 424 Å². The molecular formula is C58H60O14Si. The molecule has 0 aromatic heterocycles. The van der Waals surface area contributed by atoms with Crippen molar-refractivity contribution in [2.45, 2.75) is 117 Å². The summed E-state index contributed by atoms with van der Waals surface area (Å²) in [7, 11) is -0.0542. The highest BCUT2D eigenvalue weighted by Gasteiger charge is 2.64. The molecule has 6 aromatic carbocycles. The lowest BCUT2D eigenvalue weighted by Crippen LogP contribution is -2.63. The monoisotopic (exact) mass is 1010 g/mol. The van der Waals surface area contributed by atoms with Crippen molar-refractivity contribution in [3.63, 3.8) is 0 Å². The van der Waals surface area contributed by atoms with Crippen LogP contribution in [0.1, 0.15) is 175 Å². The van der Waals surface area contributed by atoms with Crippen molar-refractivity contribution >= 4 is 66.8 Å². The number of aldehydes is 4. The largest absolute Gasteiger partial charge is 0.510 e. The summed E-state index contributed by atoms with van der Waals surface area (Å²) in [5, 5.41) is 22.0. The predicted molar refractivity (Wildman–Crippen MR) is 277 cm³/mol. The minimum atomic E-state index is -3.25. The lowest BCUT2D eigenvalue weighted by Gasteiger charge is -2.51. The Bertz CT molecular complexity index is 3220. The standard InChI is InChI=1S/C33H38O7Si.C25H22O7/c1-19-15-22-24(17-35)27-26(38-18-20-9-11-21(37-8)12-10-20)14-13-25(36)29(27)31-28(22)30(23(19)16-34)39-41(40-31,32(2,3)4)33(5,6)7;1-13-9-16-18(11-27)21-20(32-12-14-3-5-15(31-2)6-4-14)8-7-19(28)23(21)25(30)22(16)24(29)17(13)10-26/h9-12,15-17,26H,13-14,18H2,1-8H3;3-6,9-11,20,29-30H,7-8,12H2,1-2H3/t26-;20-/m00/s1. The van der Waals surface area contributed by atoms with Crippen molar-refractivity contribution < 1.29 is 66.8 Å². The molecule has 15 heteroatoms. The second-order valence-electron chi connectivity index (χ2n) is 20.8. The Morgan fingerprint density at radius 2 is 0.986 bits per heavy atom. The molecule has 0 saturated heterocycles. The maximum Gasteiger partial charge on any atom is 0.471 e. The third-order valence-corrected chi connectivity index (χ3v) is 19.3. The Morgan fingerprint density at radius 3 is 1.42 bits per heavy atom. The van der Waals surface area contributed by atoms with Crippen molar-refractivity contribution in [1.82, 2.24) is 0 Å². The zero-order chi connectivity index (χ0) is 52.9. The zero-order valence-corrected chi connectivity index (χ0v) is 43.8. The van der Waals surface area contributed by atoms with Gasteiger partial charge in [-0.1, -0.05) is 65.8 Å². The van der Waals surface area contributed by atoms with E-state index in [0.29, 0.717) is 99.0 Å². The summed E-state index contributed by atoms with van der Waals surface area (Å²) in [4.78, 5) is 75.4. The molecule has 1 heterocycles. The maximum absolute atomic E-state index is 13.8. The summed E-state index contributed by atoms with van der Waals surface area (Å²) in [5.41, 5.74) is 5.14. The molecule has 73 heavy (non-hydrogen) atoms. The van der Waals surface area contributed by atoms with Gasteiger partial charge in [-0.3, -0.25) is 28.8 Å². The number of aryl methyl sites for hydroxylation is 2. The highest BCUT2D eigenvalue weighted by atomic mass is 28.4. The Kier molecular flexibility index (Phi) is 14.3. The van der Waals surface area contributed by atoms with Crippen LogP contribution in [0.25, 0.3) is 21.5 Å². The fraction of sp³-hybridized carbons (Fsp3) is 0.345. The van der Waals surface area contributed by atoms with Crippen LogP contribution < -0.4 is 18.3 Å². The molecule has 3 aliphatic rings. The Hall–Kier alpha value is -7.20. The van der Waals surface area contributed by atoms with Crippen LogP contribution in [-0.4, -0.2) is 69.7 Å². The molecular weight excluding hydrogens is 949 g/mol. The number of ether oxygens (including phenoxy) is 4. The molecule has 2 aliphatic carbocycles. The molecule has 0 bridgehead atoms. The van der Waals surface area contributed by atoms with Crippen molar-refractivity contribution in [2.75, 3.05) is 14.2 Å². The molecule has 0 spiro atoms. The minimum Gasteiger partial charge on any atom is -0.510 e. The fourth-order valence-corrected chi connectivity index (χ4v) is 15.3. The molecule has 6 aromatic rings. The first-order valence-electron chi connectivity index (χ1n) is 24.1. The highest BCUT2D eigenvalue weighted by Crippen LogP contribution is 2.60. The van der Waals surface area contributed by atoms with Crippen LogP contribution in [0.2, 0.25) is 10.1 Å². The summed E-state index contributed by atoms with van der Waals surface area (Å²) < 4.78 is 36.9. The van der Waals surface area contributed by atoms with E-state index in [1.807, 2.05) is 61.5 Å². The van der Waals surface area contributed by atoms with Gasteiger partial charge in [-0.15, -0.1) is 0 Å². The van der Waals surface area contributed by atoms with Gasteiger partial charge < -0.3 is 38.0 Å². The fourth-order valence-electron chi connectivity index (χ4n) is 10.8. The molecule has 380 valence electrons. The summed E-state index contributed by atoms with van der Waals surface area (Å²) in [5.74, 6) is 0.956. The van der Waals surface area contributed by atoms with E-state index >= 15 is 0 Å². The molecule has 0 amide bonds. The predicted octanol–water partition coefficient (Wildman–Crippen LogP) is 12.3. The highest BCUT2D eigenvalue weighted by molar-refractivity contribution is 6.75. The topological polar surface area (TPSA) is 198 Å². The van der Waals surface area contributed by atoms with Crippen LogP contribution in [0.15, 0.2) is 60.7 Å². The van der Waals surface area contributed by atoms with Crippen LogP contribution in [0.3, 0.4) is 0 Å². The molecule has 14 nitrogen and oxygen atoms in total. The minimum absolute atomic E-state index is 0.000151. The second kappa shape index (κ2) is 20.0. The number of phenols is 2. The van der Waals surface area contributed by atoms with Gasteiger partial charge in [-0.25, -0.2) is 0 Å². The van der Waals surface area contributed by atoms with Crippen molar-refractivity contribution in [3.05, 3.63) is 127 Å². The lowest BCUT2D eigenvalue weighted by atomic mass is 9.81. The van der Waals surface area contributed by atoms with E-state index in [1.54, 1.807) is 27.2 Å². The van der Waals surface area contributed by atoms with Crippen LogP contribution in [-0.2, 0) is 22.7 Å². The number of methoxy groups -OCH3 is 2. The second-order valence-corrected chi connectivity index (χ2v) is 25.5. The molecule has 0 fully saturated rings. The number of carbonyl (C=O) groups excluding carboxylic acids is 6. The number of phenolic OH excluding ortho intramolecular Hbond substituents is 2. The first-order valence-corrected chi connectivity index (χ1v) is 26.0. The van der Waals surface area contributed by atoms with Gasteiger partial charge in [0.25, 0.3) is 0 Å². The van der Waals surface area contributed by atoms with Gasteiger partial charge in [0, 0.05) is 55.9 Å². The number of Topliss-reactive ketones (excluding diaryl/α,β-unsaturated/α-hetero) is 2. The quantitative estimate of drug-likeness (QED) is 0.0867. The van der Waals surface area contributed by atoms with Crippen molar-refractivity contribution in [1.29, 1.82) is 0 Å². The number of benzene rings is 6. The van der Waals surface area contributed by atoms with Crippen molar-refractivity contribution in [2.24, 2.45) is 0 Å². The van der Waals surface area contributed by atoms with Gasteiger partial charge in [-0.2, -0.15) is 0 Å². The average Bonchev–Trinajstić information content (AvgIpc) is 3.35. The van der Waals surface area contributed by atoms with Crippen LogP contribution in [0, 0.1) is 13.8 Å². The molecule has 0 radical (unpaired) electrons. The first-order chi connectivity index (χ1) is 34.7. The van der Waals surface area contributed by atoms with Crippen molar-refractivity contribution in [3.8, 4) is 34.5 Å². The molecule has 2 atom stereocenters. The maximum atomic E-state index is 13.8. The Balaban J connectivity index is 0.000000201. The van der Waals surface area contributed by atoms with E-state index in [4.69, 9.17) is 27.8 Å². The summed E-state index contributed by atoms with van der Waals surface area (Å²) >= 11 is 0. The number of hydrogen-bond acceptors (Lipinski definition) is 14. The van der Waals surface area contributed by atoms with Gasteiger partial charge in [0.05, 0.1) is 72.7 Å². The van der Waals surface area contributed by atoms with Crippen LogP contribution >= 0.6 is 0 Å². The molecule has 9 rings (SSSR count). The van der Waals surface area contributed by atoms with E-state index in [0.717, 1.165) is 29.4 Å². The molecule has 0 unspecified atom stereocenters. The van der Waals surface area contributed by atoms with Gasteiger partial charge in [0.1, 0.15) is 34.5 Å². The summed E-state index contributed by atoms with van der Waals surface area (Å²) in [6.07, 6.45) is 2.74. The number of aromatic hydroxyl groups is 2. The summed E-state index contributed by atoms with van der Waals surface area (Å²) in [6, 6.07) is 18.3. The van der Waals surface area contributed by atoms with Gasteiger partial charge in [-0.05, 0) is 85.3 Å². The van der Waals surface area contributed by atoms with Crippen LogP contribution in [0.4, 0.5) is 0 Å². The van der Waals surface area contributed by atoms with E-state index < -0.39 is 42.3 Å². The number of carbonyl (C=O) groups is 6. The van der Waals surface area contributed by atoms with E-state index in [9.17, 15) is 39.0 Å². The number of fused-ring (bicyclic) bond motifs is 4. The SMILES string of the molecule is COc1ccc(CO[C@H]2CCC(=O)c3c2c(C=O)c2cc(C)c(C=O)c(O)c2c3O)cc1.COc1ccc(CO[C@H]2CCC(=O)c3c2c(C=O)c2cc(C)c(C=O)c4c2c3O[Si](C(C)(C)C)(C(C)(C)C)O4)cc1. The van der Waals surface area contributed by atoms with Gasteiger partial charge in [0.2, 0.25) is 0 Å². The third-order valence-electron chi connectivity index (χ3n) is 14.3. The average molecular weight is 1010 g/mol. The summed E-state index contributed by atoms with van der Waals surface area (Å²) in [6.45, 7) is 16.5. The third kappa shape index (κ3) is 8.97. The smallest absolute Gasteiger partial charge is 0.471 e. The number of ketones is 2. The van der Waals surface area contributed by atoms with E-state index in [-0.39, 0.29) is 58.5 Å². The lowest BCUT2D eigenvalue weighted by molar-refractivity contribution is 0.0272. The van der Waals surface area contributed by atoms with Gasteiger partial charge in [0.15, 0.2) is 36.7 Å². The first kappa shape index (κ1) is 52.1. The van der Waals surface area contributed by atoms with E-state index in [1.165, 1.54) is 0 Å². The molecule has 2 N–H and O–H groups in total. The normalized spacial score (nSPS) is 16.8. The Morgan fingerprint density at radius 1 is 0.575 bits per heavy atom. The van der Waals surface area contributed by atoms with E-state index in [2.05, 4.69) is 41.5 Å².